The molecular weight excluding hydrogens is 712 g/mol. The van der Waals surface area contributed by atoms with Gasteiger partial charge in [-0.05, 0) is 73.7 Å². The van der Waals surface area contributed by atoms with E-state index in [0.29, 0.717) is 33.4 Å². The molecule has 48 heavy (non-hydrogen) atoms. The van der Waals surface area contributed by atoms with Crippen molar-refractivity contribution >= 4 is 73.6 Å². The van der Waals surface area contributed by atoms with Gasteiger partial charge >= 0.3 is 0 Å². The zero-order valence-electron chi connectivity index (χ0n) is 26.2. The Hall–Kier alpha value is -4.91. The van der Waals surface area contributed by atoms with E-state index in [1.807, 2.05) is 48.7 Å². The normalized spacial score (nSPS) is 11.7. The minimum absolute atomic E-state index is 0.0153. The minimum atomic E-state index is -0.531. The zero-order chi connectivity index (χ0) is 34.0. The summed E-state index contributed by atoms with van der Waals surface area (Å²) in [5, 5.41) is 10.5. The van der Waals surface area contributed by atoms with Crippen LogP contribution < -0.4 is 25.4 Å². The van der Waals surface area contributed by atoms with Crippen molar-refractivity contribution in [3.05, 3.63) is 124 Å². The van der Waals surface area contributed by atoms with Crippen LogP contribution in [0.2, 0.25) is 0 Å². The zero-order valence-corrected chi connectivity index (χ0v) is 29.4. The summed E-state index contributed by atoms with van der Waals surface area (Å²) in [4.78, 5) is 44.9. The first-order chi connectivity index (χ1) is 23.2. The molecular formula is C36H31BrN4O5S2. The Bertz CT molecular complexity index is 1930. The molecule has 0 aliphatic heterocycles. The Labute approximate surface area is 294 Å². The molecule has 5 aromatic rings. The van der Waals surface area contributed by atoms with Crippen LogP contribution in [-0.2, 0) is 9.59 Å². The molecule has 0 aliphatic carbocycles. The van der Waals surface area contributed by atoms with Crippen molar-refractivity contribution in [2.45, 2.75) is 17.1 Å². The number of thioether (sulfide) groups is 1. The van der Waals surface area contributed by atoms with Crippen molar-refractivity contribution < 1.29 is 23.9 Å². The predicted molar refractivity (Wildman–Crippen MR) is 196 cm³/mol. The van der Waals surface area contributed by atoms with Crippen molar-refractivity contribution in [2.24, 2.45) is 0 Å². The maximum Gasteiger partial charge on any atom is 0.272 e. The number of amides is 3. The molecule has 12 heteroatoms. The summed E-state index contributed by atoms with van der Waals surface area (Å²) in [6.07, 6.45) is 1.54. The van der Waals surface area contributed by atoms with Gasteiger partial charge in [-0.25, -0.2) is 4.98 Å². The highest BCUT2D eigenvalue weighted by molar-refractivity contribution is 9.10. The van der Waals surface area contributed by atoms with E-state index in [4.69, 9.17) is 9.47 Å². The molecule has 4 aromatic carbocycles. The van der Waals surface area contributed by atoms with E-state index < -0.39 is 17.1 Å². The maximum atomic E-state index is 13.5. The number of benzene rings is 4. The Morgan fingerprint density at radius 3 is 2.31 bits per heavy atom. The number of methoxy groups -OCH3 is 2. The third-order valence-electron chi connectivity index (χ3n) is 6.94. The largest absolute Gasteiger partial charge is 0.497 e. The summed E-state index contributed by atoms with van der Waals surface area (Å²) in [5.74, 6) is -0.0934. The summed E-state index contributed by atoms with van der Waals surface area (Å²) in [6, 6.07) is 28.7. The van der Waals surface area contributed by atoms with Crippen LogP contribution >= 0.6 is 39.0 Å². The highest BCUT2D eigenvalue weighted by atomic mass is 79.9. The first-order valence-electron chi connectivity index (χ1n) is 14.6. The molecule has 0 saturated heterocycles. The van der Waals surface area contributed by atoms with Gasteiger partial charge in [0.05, 0.1) is 25.2 Å². The number of nitrogens with one attached hydrogen (secondary N) is 3. The first-order valence-corrected chi connectivity index (χ1v) is 17.2. The molecule has 3 N–H and O–H groups in total. The number of ether oxygens (including phenoxy) is 2. The summed E-state index contributed by atoms with van der Waals surface area (Å²) < 4.78 is 11.8. The fourth-order valence-electron chi connectivity index (χ4n) is 4.40. The predicted octanol–water partition coefficient (Wildman–Crippen LogP) is 8.12. The van der Waals surface area contributed by atoms with E-state index in [1.165, 1.54) is 30.2 Å². The smallest absolute Gasteiger partial charge is 0.272 e. The summed E-state index contributed by atoms with van der Waals surface area (Å²) in [5.41, 5.74) is 3.25. The maximum absolute atomic E-state index is 13.5. The van der Waals surface area contributed by atoms with E-state index >= 15 is 0 Å². The van der Waals surface area contributed by atoms with E-state index in [1.54, 1.807) is 73.8 Å². The van der Waals surface area contributed by atoms with Gasteiger partial charge in [0.2, 0.25) is 5.91 Å². The molecule has 0 bridgehead atoms. The fourth-order valence-corrected chi connectivity index (χ4v) is 6.25. The highest BCUT2D eigenvalue weighted by Gasteiger charge is 2.19. The topological polar surface area (TPSA) is 119 Å². The molecule has 1 heterocycles. The quantitative estimate of drug-likeness (QED) is 0.0873. The second-order valence-electron chi connectivity index (χ2n) is 10.3. The molecule has 3 amide bonds. The number of carbonyl (C=O) groups excluding carboxylic acids is 3. The molecule has 1 atom stereocenters. The lowest BCUT2D eigenvalue weighted by Gasteiger charge is -2.14. The van der Waals surface area contributed by atoms with E-state index in [0.717, 1.165) is 20.6 Å². The molecule has 0 spiro atoms. The Morgan fingerprint density at radius 1 is 0.896 bits per heavy atom. The van der Waals surface area contributed by atoms with Crippen molar-refractivity contribution in [2.75, 3.05) is 24.9 Å². The van der Waals surface area contributed by atoms with Crippen LogP contribution in [0.3, 0.4) is 0 Å². The lowest BCUT2D eigenvalue weighted by Crippen LogP contribution is -2.30. The average molecular weight is 744 g/mol. The van der Waals surface area contributed by atoms with Gasteiger partial charge in [-0.2, -0.15) is 0 Å². The number of thiazole rings is 1. The molecule has 9 nitrogen and oxygen atoms in total. The van der Waals surface area contributed by atoms with Gasteiger partial charge in [-0.3, -0.25) is 14.4 Å². The average Bonchev–Trinajstić information content (AvgIpc) is 3.57. The third kappa shape index (κ3) is 9.12. The molecule has 5 rings (SSSR count). The second-order valence-corrected chi connectivity index (χ2v) is 13.4. The van der Waals surface area contributed by atoms with E-state index in [-0.39, 0.29) is 11.6 Å². The minimum Gasteiger partial charge on any atom is -0.497 e. The van der Waals surface area contributed by atoms with Crippen LogP contribution in [0, 0.1) is 0 Å². The molecule has 0 fully saturated rings. The van der Waals surface area contributed by atoms with Gasteiger partial charge in [-0.1, -0.05) is 46.3 Å². The summed E-state index contributed by atoms with van der Waals surface area (Å²) >= 11 is 6.18. The van der Waals surface area contributed by atoms with Gasteiger partial charge < -0.3 is 25.4 Å². The number of carbonyl (C=O) groups is 3. The third-order valence-corrected chi connectivity index (χ3v) is 9.34. The second kappa shape index (κ2) is 16.3. The number of halogens is 1. The summed E-state index contributed by atoms with van der Waals surface area (Å²) in [7, 11) is 3.06. The number of nitrogens with zero attached hydrogens (tertiary/aromatic N) is 1. The van der Waals surface area contributed by atoms with Gasteiger partial charge in [0.1, 0.15) is 17.2 Å². The number of rotatable bonds is 12. The van der Waals surface area contributed by atoms with Gasteiger partial charge in [0.15, 0.2) is 5.13 Å². The van der Waals surface area contributed by atoms with E-state index in [9.17, 15) is 14.4 Å². The van der Waals surface area contributed by atoms with Crippen molar-refractivity contribution in [1.29, 1.82) is 0 Å². The number of aromatic nitrogens is 1. The Balaban J connectivity index is 1.24. The first kappa shape index (κ1) is 34.4. The molecule has 0 saturated carbocycles. The molecule has 1 unspecified atom stereocenters. The van der Waals surface area contributed by atoms with Crippen LogP contribution in [0.4, 0.5) is 10.8 Å². The van der Waals surface area contributed by atoms with Crippen LogP contribution in [-0.4, -0.2) is 42.2 Å². The number of anilines is 2. The Morgan fingerprint density at radius 2 is 1.62 bits per heavy atom. The molecule has 0 radical (unpaired) electrons. The number of hydrogen-bond donors (Lipinski definition) is 3. The fraction of sp³-hybridized carbons (Fsp3) is 0.111. The van der Waals surface area contributed by atoms with Crippen molar-refractivity contribution in [3.8, 4) is 22.8 Å². The lowest BCUT2D eigenvalue weighted by atomic mass is 10.1. The van der Waals surface area contributed by atoms with Gasteiger partial charge in [-0.15, -0.1) is 23.1 Å². The monoisotopic (exact) mass is 742 g/mol. The standard InChI is InChI=1S/C36H31BrN4O5S2/c1-22(33(42)41-36-40-31(21-47-36)23-9-12-26(37)13-10-23)48-29-17-14-27(15-18-29)38-35(44)30(39-34(43)24-7-5-4-6-8-24)19-25-11-16-28(45-2)20-32(25)46-3/h4-22H,1-3H3,(H,38,44)(H,39,43)(H,40,41,42)/b30-19-. The van der Waals surface area contributed by atoms with Crippen LogP contribution in [0.5, 0.6) is 11.5 Å². The van der Waals surface area contributed by atoms with E-state index in [2.05, 4.69) is 36.9 Å². The van der Waals surface area contributed by atoms with Crippen LogP contribution in [0.1, 0.15) is 22.8 Å². The lowest BCUT2D eigenvalue weighted by molar-refractivity contribution is -0.115. The Kier molecular flexibility index (Phi) is 11.7. The molecule has 0 aliphatic rings. The van der Waals surface area contributed by atoms with Crippen LogP contribution in [0.15, 0.2) is 118 Å². The SMILES string of the molecule is COc1ccc(/C=C(\NC(=O)c2ccccc2)C(=O)Nc2ccc(SC(C)C(=O)Nc3nc(-c4ccc(Br)cc4)cs3)cc2)c(OC)c1. The number of hydrogen-bond acceptors (Lipinski definition) is 8. The summed E-state index contributed by atoms with van der Waals surface area (Å²) in [6.45, 7) is 1.82. The van der Waals surface area contributed by atoms with Crippen LogP contribution in [0.25, 0.3) is 17.3 Å². The van der Waals surface area contributed by atoms with Crippen molar-refractivity contribution in [3.63, 3.8) is 0 Å². The van der Waals surface area contributed by atoms with Gasteiger partial charge in [0.25, 0.3) is 11.8 Å². The van der Waals surface area contributed by atoms with Gasteiger partial charge in [0, 0.05) is 43.2 Å². The molecule has 1 aromatic heterocycles. The highest BCUT2D eigenvalue weighted by Crippen LogP contribution is 2.30. The van der Waals surface area contributed by atoms with Crippen molar-refractivity contribution in [1.82, 2.24) is 10.3 Å². The molecule has 244 valence electrons.